The van der Waals surface area contributed by atoms with Crippen LogP contribution in [-0.4, -0.2) is 29.5 Å². The summed E-state index contributed by atoms with van der Waals surface area (Å²) in [4.78, 5) is 7.07. The van der Waals surface area contributed by atoms with Crippen LogP contribution in [0.3, 0.4) is 0 Å². The molecule has 0 aliphatic heterocycles. The van der Waals surface area contributed by atoms with Crippen molar-refractivity contribution in [2.75, 3.05) is 13.6 Å². The average Bonchev–Trinajstić information content (AvgIpc) is 3.24. The minimum absolute atomic E-state index is 0.755. The van der Waals surface area contributed by atoms with E-state index in [1.165, 1.54) is 29.1 Å². The average molecular weight is 301 g/mol. The monoisotopic (exact) mass is 301 g/mol. The largest absolute Gasteiger partial charge is 0.308 e. The summed E-state index contributed by atoms with van der Waals surface area (Å²) in [6.45, 7) is 2.94. The highest BCUT2D eigenvalue weighted by Gasteiger charge is 2.20. The zero-order chi connectivity index (χ0) is 14.5. The van der Waals surface area contributed by atoms with Crippen LogP contribution in [0.15, 0.2) is 35.7 Å². The number of hydrogen-bond acceptors (Lipinski definition) is 4. The summed E-state index contributed by atoms with van der Waals surface area (Å²) < 4.78 is 0. The summed E-state index contributed by atoms with van der Waals surface area (Å²) in [6.07, 6.45) is 3.76. The summed E-state index contributed by atoms with van der Waals surface area (Å²) in [5, 5.41) is 6.93. The van der Waals surface area contributed by atoms with Gasteiger partial charge in [0, 0.05) is 31.1 Å². The first-order valence-corrected chi connectivity index (χ1v) is 8.57. The van der Waals surface area contributed by atoms with Gasteiger partial charge in [-0.2, -0.15) is 0 Å². The van der Waals surface area contributed by atoms with E-state index in [9.17, 15) is 0 Å². The van der Waals surface area contributed by atoms with E-state index in [0.29, 0.717) is 0 Å². The summed E-state index contributed by atoms with van der Waals surface area (Å²) >= 11 is 1.78. The molecule has 21 heavy (non-hydrogen) atoms. The third kappa shape index (κ3) is 4.92. The van der Waals surface area contributed by atoms with Crippen molar-refractivity contribution >= 4 is 11.3 Å². The molecule has 1 heterocycles. The molecule has 1 N–H and O–H groups in total. The van der Waals surface area contributed by atoms with E-state index in [-0.39, 0.29) is 0 Å². The van der Waals surface area contributed by atoms with Crippen molar-refractivity contribution in [3.8, 4) is 0 Å². The number of likely N-dealkylation sites (N-methyl/N-ethyl adjacent to an activating group) is 1. The smallest absolute Gasteiger partial charge is 0.107 e. The van der Waals surface area contributed by atoms with Gasteiger partial charge in [-0.25, -0.2) is 4.98 Å². The van der Waals surface area contributed by atoms with Gasteiger partial charge in [0.2, 0.25) is 0 Å². The SMILES string of the molecule is CN(CCc1ccccc1)Cc1csc(CNC2CC2)n1. The Labute approximate surface area is 131 Å². The fraction of sp³-hybridized carbons (Fsp3) is 0.471. The number of hydrogen-bond donors (Lipinski definition) is 1. The molecule has 1 fully saturated rings. The first-order chi connectivity index (χ1) is 10.3. The molecular formula is C17H23N3S. The molecule has 112 valence electrons. The van der Waals surface area contributed by atoms with Crippen LogP contribution in [0.5, 0.6) is 0 Å². The lowest BCUT2D eigenvalue weighted by Gasteiger charge is -2.15. The number of benzene rings is 1. The van der Waals surface area contributed by atoms with Gasteiger partial charge in [0.1, 0.15) is 5.01 Å². The van der Waals surface area contributed by atoms with Crippen LogP contribution in [-0.2, 0) is 19.5 Å². The molecule has 1 aromatic carbocycles. The van der Waals surface area contributed by atoms with Crippen LogP contribution in [0.25, 0.3) is 0 Å². The van der Waals surface area contributed by atoms with E-state index in [1.54, 1.807) is 11.3 Å². The Morgan fingerprint density at radius 2 is 2.10 bits per heavy atom. The fourth-order valence-corrected chi connectivity index (χ4v) is 3.08. The van der Waals surface area contributed by atoms with E-state index in [1.807, 2.05) is 0 Å². The number of thiazole rings is 1. The van der Waals surface area contributed by atoms with Gasteiger partial charge >= 0.3 is 0 Å². The van der Waals surface area contributed by atoms with E-state index in [2.05, 4.69) is 53.0 Å². The van der Waals surface area contributed by atoms with E-state index in [4.69, 9.17) is 4.98 Å². The first kappa shape index (κ1) is 14.7. The van der Waals surface area contributed by atoms with Gasteiger partial charge in [0.25, 0.3) is 0 Å². The zero-order valence-electron chi connectivity index (χ0n) is 12.6. The highest BCUT2D eigenvalue weighted by atomic mass is 32.1. The number of rotatable bonds is 8. The zero-order valence-corrected chi connectivity index (χ0v) is 13.4. The standard InChI is InChI=1S/C17H23N3S/c1-20(10-9-14-5-3-2-4-6-14)12-16-13-21-17(19-16)11-18-15-7-8-15/h2-6,13,15,18H,7-12H2,1H3. The molecular weight excluding hydrogens is 278 g/mol. The van der Waals surface area contributed by atoms with Crippen LogP contribution < -0.4 is 5.32 Å². The van der Waals surface area contributed by atoms with Crippen molar-refractivity contribution in [3.63, 3.8) is 0 Å². The second kappa shape index (κ2) is 7.16. The summed E-state index contributed by atoms with van der Waals surface area (Å²) in [6, 6.07) is 11.4. The van der Waals surface area contributed by atoms with Gasteiger partial charge in [-0.15, -0.1) is 11.3 Å². The van der Waals surface area contributed by atoms with Crippen molar-refractivity contribution in [1.82, 2.24) is 15.2 Å². The molecule has 4 heteroatoms. The number of nitrogens with zero attached hydrogens (tertiary/aromatic N) is 2. The Morgan fingerprint density at radius 1 is 1.29 bits per heavy atom. The Hall–Kier alpha value is -1.23. The predicted molar refractivity (Wildman–Crippen MR) is 88.5 cm³/mol. The van der Waals surface area contributed by atoms with Crippen LogP contribution in [0.2, 0.25) is 0 Å². The van der Waals surface area contributed by atoms with Crippen LogP contribution in [0, 0.1) is 0 Å². The lowest BCUT2D eigenvalue weighted by atomic mass is 10.1. The summed E-state index contributed by atoms with van der Waals surface area (Å²) in [5.41, 5.74) is 2.60. The van der Waals surface area contributed by atoms with Crippen molar-refractivity contribution in [2.45, 2.75) is 38.4 Å². The van der Waals surface area contributed by atoms with Gasteiger partial charge in [-0.3, -0.25) is 0 Å². The maximum atomic E-state index is 4.72. The van der Waals surface area contributed by atoms with E-state index < -0.39 is 0 Å². The minimum Gasteiger partial charge on any atom is -0.308 e. The Balaban J connectivity index is 1.42. The number of nitrogens with one attached hydrogen (secondary N) is 1. The van der Waals surface area contributed by atoms with Crippen molar-refractivity contribution in [3.05, 3.63) is 52.0 Å². The molecule has 3 nitrogen and oxygen atoms in total. The lowest BCUT2D eigenvalue weighted by molar-refractivity contribution is 0.327. The molecule has 1 saturated carbocycles. The molecule has 0 spiro atoms. The van der Waals surface area contributed by atoms with Crippen molar-refractivity contribution in [2.24, 2.45) is 0 Å². The molecule has 0 atom stereocenters. The van der Waals surface area contributed by atoms with E-state index in [0.717, 1.165) is 32.1 Å². The highest BCUT2D eigenvalue weighted by Crippen LogP contribution is 2.20. The first-order valence-electron chi connectivity index (χ1n) is 7.69. The normalized spacial score (nSPS) is 14.8. The van der Waals surface area contributed by atoms with Crippen molar-refractivity contribution < 1.29 is 0 Å². The minimum atomic E-state index is 0.755. The lowest BCUT2D eigenvalue weighted by Crippen LogP contribution is -2.21. The molecule has 0 radical (unpaired) electrons. The molecule has 1 aromatic heterocycles. The van der Waals surface area contributed by atoms with Crippen LogP contribution in [0.1, 0.15) is 29.1 Å². The molecule has 3 rings (SSSR count). The van der Waals surface area contributed by atoms with Gasteiger partial charge in [-0.05, 0) is 31.9 Å². The van der Waals surface area contributed by atoms with Gasteiger partial charge in [0.15, 0.2) is 0 Å². The Kier molecular flexibility index (Phi) is 5.01. The quantitative estimate of drug-likeness (QED) is 0.812. The molecule has 1 aliphatic carbocycles. The second-order valence-corrected chi connectivity index (χ2v) is 6.80. The molecule has 0 unspecified atom stereocenters. The maximum Gasteiger partial charge on any atom is 0.107 e. The molecule has 0 bridgehead atoms. The molecule has 0 saturated heterocycles. The maximum absolute atomic E-state index is 4.72. The Bertz CT molecular complexity index is 548. The summed E-state index contributed by atoms with van der Waals surface area (Å²) in [5.74, 6) is 0. The van der Waals surface area contributed by atoms with E-state index >= 15 is 0 Å². The van der Waals surface area contributed by atoms with Gasteiger partial charge in [-0.1, -0.05) is 30.3 Å². The third-order valence-electron chi connectivity index (χ3n) is 3.78. The molecule has 2 aromatic rings. The van der Waals surface area contributed by atoms with Gasteiger partial charge < -0.3 is 10.2 Å². The predicted octanol–water partition coefficient (Wildman–Crippen LogP) is 3.07. The second-order valence-electron chi connectivity index (χ2n) is 5.86. The Morgan fingerprint density at radius 3 is 2.86 bits per heavy atom. The fourth-order valence-electron chi connectivity index (χ4n) is 2.34. The topological polar surface area (TPSA) is 28.2 Å². The highest BCUT2D eigenvalue weighted by molar-refractivity contribution is 7.09. The van der Waals surface area contributed by atoms with Crippen molar-refractivity contribution in [1.29, 1.82) is 0 Å². The van der Waals surface area contributed by atoms with Crippen LogP contribution in [0.4, 0.5) is 0 Å². The number of aromatic nitrogens is 1. The van der Waals surface area contributed by atoms with Gasteiger partial charge in [0.05, 0.1) is 5.69 Å². The third-order valence-corrected chi connectivity index (χ3v) is 4.67. The summed E-state index contributed by atoms with van der Waals surface area (Å²) in [7, 11) is 2.17. The molecule has 1 aliphatic rings. The molecule has 0 amide bonds. The van der Waals surface area contributed by atoms with Crippen LogP contribution >= 0.6 is 11.3 Å².